The van der Waals surface area contributed by atoms with Crippen molar-refractivity contribution in [2.75, 3.05) is 0 Å². The molecule has 0 bridgehead atoms. The molecule has 0 N–H and O–H groups in total. The molecule has 0 aliphatic carbocycles. The van der Waals surface area contributed by atoms with Gasteiger partial charge in [-0.15, -0.1) is 5.06 Å². The van der Waals surface area contributed by atoms with Crippen LogP contribution in [0.15, 0.2) is 48.5 Å². The van der Waals surface area contributed by atoms with Crippen LogP contribution in [-0.2, 0) is 19.2 Å². The fourth-order valence-electron chi connectivity index (χ4n) is 2.62. The van der Waals surface area contributed by atoms with E-state index in [1.807, 2.05) is 18.2 Å². The number of carbonyl (C=O) groups excluding carboxylic acids is 3. The quantitative estimate of drug-likeness (QED) is 0.801. The van der Waals surface area contributed by atoms with E-state index in [2.05, 4.69) is 0 Å². The van der Waals surface area contributed by atoms with E-state index in [4.69, 9.17) is 4.84 Å². The average molecular weight is 341 g/mol. The van der Waals surface area contributed by atoms with Gasteiger partial charge < -0.3 is 4.84 Å². The number of hydrogen-bond acceptors (Lipinski definition) is 4. The highest BCUT2D eigenvalue weighted by atomic mass is 19.1. The number of amides is 2. The summed E-state index contributed by atoms with van der Waals surface area (Å²) < 4.78 is 14.4. The van der Waals surface area contributed by atoms with Gasteiger partial charge in [-0.25, -0.2) is 9.18 Å². The molecule has 1 atom stereocenters. The monoisotopic (exact) mass is 341 g/mol. The van der Waals surface area contributed by atoms with Crippen molar-refractivity contribution in [3.05, 3.63) is 59.9 Å². The van der Waals surface area contributed by atoms with Gasteiger partial charge in [-0.05, 0) is 24.1 Å². The second-order valence-corrected chi connectivity index (χ2v) is 5.82. The third-order valence-corrected chi connectivity index (χ3v) is 4.12. The first-order valence-electron chi connectivity index (χ1n) is 7.90. The molecule has 128 valence electrons. The van der Waals surface area contributed by atoms with Crippen molar-refractivity contribution in [3.63, 3.8) is 0 Å². The zero-order valence-corrected chi connectivity index (χ0v) is 13.6. The summed E-state index contributed by atoms with van der Waals surface area (Å²) >= 11 is 0. The Morgan fingerprint density at radius 1 is 1.08 bits per heavy atom. The van der Waals surface area contributed by atoms with E-state index in [-0.39, 0.29) is 12.8 Å². The molecule has 0 saturated carbocycles. The van der Waals surface area contributed by atoms with Crippen LogP contribution in [0.4, 0.5) is 4.39 Å². The summed E-state index contributed by atoms with van der Waals surface area (Å²) in [5, 5.41) is 0.494. The van der Waals surface area contributed by atoms with Gasteiger partial charge in [0.05, 0.1) is 5.92 Å². The average Bonchev–Trinajstić information content (AvgIpc) is 2.93. The van der Waals surface area contributed by atoms with Gasteiger partial charge in [-0.1, -0.05) is 42.5 Å². The van der Waals surface area contributed by atoms with Gasteiger partial charge in [-0.2, -0.15) is 0 Å². The van der Waals surface area contributed by atoms with Crippen molar-refractivity contribution in [1.82, 2.24) is 5.06 Å². The molecule has 0 spiro atoms. The molecule has 1 unspecified atom stereocenters. The molecule has 1 aliphatic rings. The summed E-state index contributed by atoms with van der Waals surface area (Å²) in [5.74, 6) is -3.15. The lowest BCUT2D eigenvalue weighted by Gasteiger charge is -2.17. The third-order valence-electron chi connectivity index (χ3n) is 4.12. The maximum Gasteiger partial charge on any atom is 0.340 e. The summed E-state index contributed by atoms with van der Waals surface area (Å²) in [6, 6.07) is 13.5. The second-order valence-electron chi connectivity index (χ2n) is 5.82. The van der Waals surface area contributed by atoms with Crippen molar-refractivity contribution in [2.24, 2.45) is 0 Å². The van der Waals surface area contributed by atoms with Crippen molar-refractivity contribution in [2.45, 2.75) is 25.7 Å². The molecule has 1 saturated heterocycles. The largest absolute Gasteiger partial charge is 0.340 e. The minimum atomic E-state index is -0.819. The highest BCUT2D eigenvalue weighted by molar-refractivity contribution is 6.01. The molecule has 0 aromatic heterocycles. The first-order chi connectivity index (χ1) is 12.0. The van der Waals surface area contributed by atoms with Crippen LogP contribution < -0.4 is 0 Å². The molecule has 2 aromatic carbocycles. The fraction of sp³-hybridized carbons (Fsp3) is 0.211. The number of hydroxylamine groups is 2. The van der Waals surface area contributed by atoms with E-state index in [1.165, 1.54) is 13.0 Å². The van der Waals surface area contributed by atoms with E-state index >= 15 is 0 Å². The molecule has 3 rings (SSSR count). The Hall–Kier alpha value is -3.02. The van der Waals surface area contributed by atoms with Gasteiger partial charge in [0.2, 0.25) is 0 Å². The van der Waals surface area contributed by atoms with Crippen LogP contribution in [0.25, 0.3) is 11.1 Å². The minimum absolute atomic E-state index is 0.0287. The molecule has 5 nitrogen and oxygen atoms in total. The summed E-state index contributed by atoms with van der Waals surface area (Å²) in [5.41, 5.74) is 1.56. The van der Waals surface area contributed by atoms with Crippen LogP contribution in [0, 0.1) is 5.82 Å². The first kappa shape index (κ1) is 16.8. The Labute approximate surface area is 144 Å². The predicted octanol–water partition coefficient (Wildman–Crippen LogP) is 3.20. The van der Waals surface area contributed by atoms with Gasteiger partial charge in [-0.3, -0.25) is 9.59 Å². The van der Waals surface area contributed by atoms with Crippen molar-refractivity contribution >= 4 is 17.8 Å². The van der Waals surface area contributed by atoms with Crippen LogP contribution in [-0.4, -0.2) is 22.8 Å². The Morgan fingerprint density at radius 3 is 2.32 bits per heavy atom. The van der Waals surface area contributed by atoms with Gasteiger partial charge in [0.25, 0.3) is 11.8 Å². The second kappa shape index (κ2) is 6.84. The number of imide groups is 1. The van der Waals surface area contributed by atoms with Crippen molar-refractivity contribution < 1.29 is 23.6 Å². The predicted molar refractivity (Wildman–Crippen MR) is 87.4 cm³/mol. The molecule has 1 fully saturated rings. The molecule has 2 aromatic rings. The maximum absolute atomic E-state index is 14.4. The number of rotatable bonds is 4. The maximum atomic E-state index is 14.4. The minimum Gasteiger partial charge on any atom is -0.330 e. The summed E-state index contributed by atoms with van der Waals surface area (Å²) in [6.07, 6.45) is 0.0573. The van der Waals surface area contributed by atoms with Crippen LogP contribution >= 0.6 is 0 Å². The topological polar surface area (TPSA) is 63.7 Å². The number of halogens is 1. The van der Waals surface area contributed by atoms with Gasteiger partial charge >= 0.3 is 5.97 Å². The molecule has 1 heterocycles. The molecule has 25 heavy (non-hydrogen) atoms. The van der Waals surface area contributed by atoms with E-state index in [0.717, 1.165) is 5.56 Å². The Balaban J connectivity index is 1.77. The summed E-state index contributed by atoms with van der Waals surface area (Å²) in [6.45, 7) is 1.53. The Kier molecular flexibility index (Phi) is 4.61. The number of nitrogens with zero attached hydrogens (tertiary/aromatic N) is 1. The SMILES string of the molecule is CC(C(=O)ON1C(=O)CCC1=O)c1ccc(-c2ccccc2)c(F)c1. The smallest absolute Gasteiger partial charge is 0.330 e. The van der Waals surface area contributed by atoms with Gasteiger partial charge in [0.1, 0.15) is 5.82 Å². The zero-order chi connectivity index (χ0) is 18.0. The lowest BCUT2D eigenvalue weighted by molar-refractivity contribution is -0.198. The number of hydrogen-bond donors (Lipinski definition) is 0. The molecule has 2 amide bonds. The summed E-state index contributed by atoms with van der Waals surface area (Å²) in [7, 11) is 0. The fourth-order valence-corrected chi connectivity index (χ4v) is 2.62. The van der Waals surface area contributed by atoms with E-state index in [1.54, 1.807) is 24.3 Å². The van der Waals surface area contributed by atoms with Crippen LogP contribution in [0.5, 0.6) is 0 Å². The van der Waals surface area contributed by atoms with E-state index < -0.39 is 29.5 Å². The Bertz CT molecular complexity index is 819. The Morgan fingerprint density at radius 2 is 1.72 bits per heavy atom. The van der Waals surface area contributed by atoms with Crippen molar-refractivity contribution in [1.29, 1.82) is 0 Å². The van der Waals surface area contributed by atoms with Crippen LogP contribution in [0.2, 0.25) is 0 Å². The molecule has 6 heteroatoms. The zero-order valence-electron chi connectivity index (χ0n) is 13.6. The lowest BCUT2D eigenvalue weighted by Crippen LogP contribution is -2.33. The van der Waals surface area contributed by atoms with E-state index in [0.29, 0.717) is 16.2 Å². The molecular formula is C19H16FNO4. The van der Waals surface area contributed by atoms with Crippen molar-refractivity contribution in [3.8, 4) is 11.1 Å². The standard InChI is InChI=1S/C19H16FNO4/c1-12(19(24)25-21-17(22)9-10-18(21)23)14-7-8-15(16(20)11-14)13-5-3-2-4-6-13/h2-8,11-12H,9-10H2,1H3. The van der Waals surface area contributed by atoms with Gasteiger partial charge in [0, 0.05) is 18.4 Å². The molecule has 0 radical (unpaired) electrons. The van der Waals surface area contributed by atoms with Gasteiger partial charge in [0.15, 0.2) is 0 Å². The van der Waals surface area contributed by atoms with Crippen LogP contribution in [0.1, 0.15) is 31.2 Å². The molecule has 1 aliphatic heterocycles. The number of carbonyl (C=O) groups is 3. The molecular weight excluding hydrogens is 325 g/mol. The lowest BCUT2D eigenvalue weighted by atomic mass is 9.97. The number of benzene rings is 2. The van der Waals surface area contributed by atoms with Crippen LogP contribution in [0.3, 0.4) is 0 Å². The third kappa shape index (κ3) is 3.42. The first-order valence-corrected chi connectivity index (χ1v) is 7.90. The summed E-state index contributed by atoms with van der Waals surface area (Å²) in [4.78, 5) is 40.1. The van der Waals surface area contributed by atoms with E-state index in [9.17, 15) is 18.8 Å². The highest BCUT2D eigenvalue weighted by Crippen LogP contribution is 2.27. The highest BCUT2D eigenvalue weighted by Gasteiger charge is 2.34. The normalized spacial score (nSPS) is 15.4.